The van der Waals surface area contributed by atoms with Gasteiger partial charge >= 0.3 is 12.3 Å². The second kappa shape index (κ2) is 44.0. The molecule has 0 spiro atoms. The van der Waals surface area contributed by atoms with Crippen LogP contribution in [0.25, 0.3) is 67.0 Å². The Labute approximate surface area is 647 Å². The number of nitrogens with one attached hydrogen (secondary N) is 1. The second-order valence-corrected chi connectivity index (χ2v) is 28.3. The zero-order chi connectivity index (χ0) is 76.9. The van der Waals surface area contributed by atoms with Gasteiger partial charge in [0, 0.05) is 79.0 Å². The van der Waals surface area contributed by atoms with Crippen LogP contribution in [-0.4, -0.2) is 118 Å². The van der Waals surface area contributed by atoms with Gasteiger partial charge in [0.1, 0.15) is 17.1 Å². The summed E-state index contributed by atoms with van der Waals surface area (Å²) in [5, 5.41) is 51.6. The molecule has 2 aliphatic heterocycles. The molecule has 542 valence electrons. The van der Waals surface area contributed by atoms with Gasteiger partial charge in [0.15, 0.2) is 18.5 Å². The molecule has 2 aliphatic rings. The van der Waals surface area contributed by atoms with Crippen molar-refractivity contribution in [1.29, 1.82) is 15.8 Å². The fraction of sp³-hybridized carbons (Fsp3) is 0.221. The van der Waals surface area contributed by atoms with Gasteiger partial charge in [-0.25, -0.2) is 59.2 Å². The summed E-state index contributed by atoms with van der Waals surface area (Å²) in [6.45, 7) is 8.39. The topological polar surface area (TPSA) is 472 Å². The number of carbonyl (C=O) groups excluding carboxylic acids is 4. The average molecular weight is 1590 g/mol. The lowest BCUT2D eigenvalue weighted by Crippen LogP contribution is -2.29. The third-order valence-corrected chi connectivity index (χ3v) is 19.1. The Morgan fingerprint density at radius 3 is 1.37 bits per heavy atom. The molecular weight excluding hydrogens is 1530 g/mol. The lowest BCUT2D eigenvalue weighted by molar-refractivity contribution is -0.193. The fourth-order valence-corrected chi connectivity index (χ4v) is 13.3. The van der Waals surface area contributed by atoms with Gasteiger partial charge in [-0.1, -0.05) is 111 Å². The molecule has 2 saturated heterocycles. The first kappa shape index (κ1) is 82.4. The maximum absolute atomic E-state index is 9.16. The molecule has 0 unspecified atom stereocenters. The summed E-state index contributed by atoms with van der Waals surface area (Å²) in [4.78, 5) is 82.7. The summed E-state index contributed by atoms with van der Waals surface area (Å²) in [7, 11) is 0. The first-order chi connectivity index (χ1) is 51.9. The minimum absolute atomic E-state index is 0.119. The van der Waals surface area contributed by atoms with Gasteiger partial charge in [0.25, 0.3) is 0 Å². The predicted octanol–water partition coefficient (Wildman–Crippen LogP) is 12.9. The Kier molecular flexibility index (Phi) is 33.9. The number of azide groups is 1. The fourth-order valence-electron chi connectivity index (χ4n) is 9.46. The molecule has 7 N–H and O–H groups in total. The standard InChI is InChI=1S/C22H21N9S.C17H11ClN8S.C13H8N4.C6H13N.C4H3Cl2NS.C4H3ClN4S.2CO2/c23-11-15-5-4-6-16(9-15)18-10-19(27-21(24)26-18)20-14-31(29-28-20)13-17-12-25-22(32-17)30-7-2-1-3-8-30;18-16-21-7-12(27-16)8-26-9-15(24-25-26)14-5-13(22-17(20)23-14)11-3-1-2-10(4-11)6-19;1-2-11-7-12(17-13(15)16-11)10-5-3-4-9(6-10)8-14;1-6-2-4-7-5-3-6;5-1-3-2-7-4(6)8-3;5-4-7-1-3(10-4)2-8-9-6;2*2-1-3/h4-6,9-10,12,14H,1-3,7-8,13H2,(H2,24,26,27);1-5,7,9H,8H2,(H2,20,22,23);1,3-7H,(H2,15,16,17);6-7H,2-5H2,1H3;2H,1H2;1H,2H2;;. The number of rotatable bonds is 13. The number of anilines is 4. The molecule has 12 aromatic rings. The smallest absolute Gasteiger partial charge is 0.368 e. The summed E-state index contributed by atoms with van der Waals surface area (Å²) in [5.41, 5.74) is 33.9. The number of thiazole rings is 4. The van der Waals surface area contributed by atoms with E-state index < -0.39 is 0 Å². The molecule has 0 atom stereocenters. The third-order valence-electron chi connectivity index (χ3n) is 14.3. The first-order valence-corrected chi connectivity index (χ1v) is 36.3. The summed E-state index contributed by atoms with van der Waals surface area (Å²) >= 11 is 28.1. The molecule has 31 nitrogen and oxygen atoms in total. The number of nitrogens with two attached hydrogens (primary N) is 3. The highest BCUT2D eigenvalue weighted by Crippen LogP contribution is 2.30. The van der Waals surface area contributed by atoms with Crippen LogP contribution in [-0.2, 0) is 44.7 Å². The van der Waals surface area contributed by atoms with E-state index in [1.165, 1.54) is 79.2 Å². The van der Waals surface area contributed by atoms with Crippen LogP contribution in [0.15, 0.2) is 133 Å². The highest BCUT2D eigenvalue weighted by Gasteiger charge is 2.18. The van der Waals surface area contributed by atoms with E-state index in [-0.39, 0.29) is 30.1 Å². The number of nitriles is 3. The van der Waals surface area contributed by atoms with E-state index in [1.54, 1.807) is 106 Å². The minimum atomic E-state index is 0.119. The summed E-state index contributed by atoms with van der Waals surface area (Å²) in [5.74, 6) is 4.27. The van der Waals surface area contributed by atoms with Gasteiger partial charge in [0.05, 0.1) is 101 Å². The highest BCUT2D eigenvalue weighted by atomic mass is 35.5. The first-order valence-electron chi connectivity index (χ1n) is 31.4. The van der Waals surface area contributed by atoms with E-state index in [2.05, 4.69) is 122 Å². The van der Waals surface area contributed by atoms with E-state index in [0.717, 1.165) is 60.3 Å². The van der Waals surface area contributed by atoms with Crippen molar-refractivity contribution < 1.29 is 19.2 Å². The Hall–Kier alpha value is -11.9. The molecule has 3 aromatic carbocycles. The molecule has 0 bridgehead atoms. The molecule has 0 saturated carbocycles. The molecule has 0 aliphatic carbocycles. The van der Waals surface area contributed by atoms with E-state index in [4.69, 9.17) is 111 Å². The molecule has 9 aromatic heterocycles. The zero-order valence-electron chi connectivity index (χ0n) is 56.3. The number of terminal acetylenes is 1. The molecule has 14 rings (SSSR count). The van der Waals surface area contributed by atoms with Crippen molar-refractivity contribution >= 4 is 127 Å². The lowest BCUT2D eigenvalue weighted by Gasteiger charge is -2.25. The number of benzene rings is 3. The van der Waals surface area contributed by atoms with Crippen LogP contribution in [0.2, 0.25) is 13.4 Å². The van der Waals surface area contributed by atoms with E-state index >= 15 is 0 Å². The van der Waals surface area contributed by atoms with Crippen molar-refractivity contribution in [3.63, 3.8) is 0 Å². The van der Waals surface area contributed by atoms with Gasteiger partial charge in [-0.2, -0.15) is 35.0 Å². The average Bonchev–Trinajstić information content (AvgIpc) is 1.80. The van der Waals surface area contributed by atoms with Crippen LogP contribution in [0.5, 0.6) is 0 Å². The van der Waals surface area contributed by atoms with E-state index in [0.29, 0.717) is 101 Å². The molecule has 11 heterocycles. The summed E-state index contributed by atoms with van der Waals surface area (Å²) in [6, 6.07) is 33.0. The number of hydrogen-bond donors (Lipinski definition) is 4. The highest BCUT2D eigenvalue weighted by molar-refractivity contribution is 7.16. The predicted molar refractivity (Wildman–Crippen MR) is 407 cm³/mol. The summed E-state index contributed by atoms with van der Waals surface area (Å²) < 4.78 is 4.96. The quantitative estimate of drug-likeness (QED) is 0.0274. The van der Waals surface area contributed by atoms with E-state index in [1.807, 2.05) is 42.7 Å². The van der Waals surface area contributed by atoms with Gasteiger partial charge in [-0.3, -0.25) is 0 Å². The van der Waals surface area contributed by atoms with Crippen LogP contribution < -0.4 is 27.4 Å². The van der Waals surface area contributed by atoms with E-state index in [9.17, 15) is 0 Å². The van der Waals surface area contributed by atoms with Crippen LogP contribution in [0, 0.1) is 52.3 Å². The maximum Gasteiger partial charge on any atom is 0.373 e. The Morgan fingerprint density at radius 1 is 0.570 bits per heavy atom. The number of nitrogen functional groups attached to an aromatic ring is 3. The number of aromatic nitrogens is 16. The lowest BCUT2D eigenvalue weighted by atomic mass is 10.0. The maximum atomic E-state index is 9.16. The van der Waals surface area contributed by atoms with Crippen molar-refractivity contribution in [2.45, 2.75) is 64.5 Å². The van der Waals surface area contributed by atoms with Crippen molar-refractivity contribution in [1.82, 2.24) is 85.1 Å². The van der Waals surface area contributed by atoms with Gasteiger partial charge < -0.3 is 27.4 Å². The zero-order valence-corrected chi connectivity index (χ0v) is 62.6. The number of nitrogens with zero attached hydrogens (tertiary/aromatic N) is 23. The largest absolute Gasteiger partial charge is 0.373 e. The second-order valence-electron chi connectivity index (χ2n) is 21.8. The molecule has 0 amide bonds. The molecule has 2 fully saturated rings. The molecule has 0 radical (unpaired) electrons. The molecule has 107 heavy (non-hydrogen) atoms. The van der Waals surface area contributed by atoms with Crippen molar-refractivity contribution in [2.75, 3.05) is 48.3 Å². The van der Waals surface area contributed by atoms with Crippen LogP contribution >= 0.6 is 91.8 Å². The van der Waals surface area contributed by atoms with Crippen LogP contribution in [0.3, 0.4) is 0 Å². The van der Waals surface area contributed by atoms with Gasteiger partial charge in [-0.15, -0.1) is 62.2 Å². The Balaban J connectivity index is 0.000000190. The SMILES string of the molecule is C#Cc1cc(-c2cccc(C#N)c2)nc(N)n1.CC1CCNCC1.ClCc1cnc(Cl)s1.N#Cc1cccc(-c2cc(-c3cn(Cc4cnc(Cl)s4)nn3)nc(N)n2)c1.N#Cc1cccc(-c2cc(-c3cn(Cc4cnc(N5CCCCC5)s4)nn3)nc(N)n2)c1.O=C=O.O=C=O.[N-]=[N+]=NCc1cnc(Cl)s1. The van der Waals surface area contributed by atoms with Crippen molar-refractivity contribution in [2.24, 2.45) is 11.0 Å². The number of alkyl halides is 1. The van der Waals surface area contributed by atoms with Crippen molar-refractivity contribution in [3.8, 4) is 87.1 Å². The normalized spacial score (nSPS) is 11.7. The molecule has 39 heteroatoms. The van der Waals surface area contributed by atoms with Crippen LogP contribution in [0.4, 0.5) is 23.0 Å². The Bertz CT molecular complexity index is 5170. The number of piperidine rings is 2. The van der Waals surface area contributed by atoms with Crippen molar-refractivity contribution in [3.05, 3.63) is 194 Å². The summed E-state index contributed by atoms with van der Waals surface area (Å²) in [6.07, 6.45) is 22.8. The molecular formula is C68H59Cl4N27O4S4. The van der Waals surface area contributed by atoms with Gasteiger partial charge in [0.2, 0.25) is 17.8 Å². The number of halogens is 4. The number of hydrogen-bond acceptors (Lipinski definition) is 31. The minimum Gasteiger partial charge on any atom is -0.368 e. The van der Waals surface area contributed by atoms with Crippen LogP contribution in [0.1, 0.15) is 80.9 Å². The van der Waals surface area contributed by atoms with Gasteiger partial charge in [-0.05, 0) is 111 Å². The third kappa shape index (κ3) is 27.6. The monoisotopic (exact) mass is 1590 g/mol. The Morgan fingerprint density at radius 2 is 0.981 bits per heavy atom.